The second-order valence-corrected chi connectivity index (χ2v) is 16.5. The summed E-state index contributed by atoms with van der Waals surface area (Å²) in [6.45, 7) is 6.01. The molecule has 0 amide bonds. The monoisotopic (exact) mass is 775 g/mol. The number of hydrogen-bond donors (Lipinski definition) is 0. The number of hydrogen-bond acceptors (Lipinski definition) is 7. The van der Waals surface area contributed by atoms with Crippen molar-refractivity contribution >= 4 is 50.4 Å². The molecule has 8 aromatic rings. The largest absolute Gasteiger partial charge is 0.294 e. The Bertz CT molecular complexity index is 2890. The van der Waals surface area contributed by atoms with Gasteiger partial charge in [0.25, 0.3) is 0 Å². The van der Waals surface area contributed by atoms with Gasteiger partial charge in [-0.3, -0.25) is 24.4 Å². The maximum Gasteiger partial charge on any atom is 0.166 e. The molecular weight excluding hydrogens is 735 g/mol. The van der Waals surface area contributed by atoms with Gasteiger partial charge in [0, 0.05) is 92.1 Å². The first kappa shape index (κ1) is 37.2. The van der Waals surface area contributed by atoms with E-state index in [9.17, 15) is 14.4 Å². The van der Waals surface area contributed by atoms with Crippen LogP contribution < -0.4 is 0 Å². The van der Waals surface area contributed by atoms with E-state index in [4.69, 9.17) is 0 Å². The molecule has 284 valence electrons. The Kier molecular flexibility index (Phi) is 9.92. The molecular formula is C51H41N3O3S. The number of nitrogens with zero attached hydrogens (tertiary/aromatic N) is 3. The van der Waals surface area contributed by atoms with Crippen molar-refractivity contribution in [1.82, 2.24) is 15.0 Å². The fourth-order valence-electron chi connectivity index (χ4n) is 8.73. The van der Waals surface area contributed by atoms with Crippen molar-refractivity contribution in [2.75, 3.05) is 0 Å². The van der Waals surface area contributed by atoms with Gasteiger partial charge in [0.2, 0.25) is 0 Å². The number of pyridine rings is 2. The van der Waals surface area contributed by atoms with E-state index in [0.717, 1.165) is 85.1 Å². The molecule has 0 radical (unpaired) electrons. The molecule has 7 heteroatoms. The Labute approximate surface area is 341 Å². The number of ketones is 3. The van der Waals surface area contributed by atoms with E-state index in [-0.39, 0.29) is 35.1 Å². The highest BCUT2D eigenvalue weighted by Gasteiger charge is 2.31. The van der Waals surface area contributed by atoms with Gasteiger partial charge in [0.1, 0.15) is 5.01 Å². The van der Waals surface area contributed by atoms with Crippen molar-refractivity contribution in [2.45, 2.75) is 40.0 Å². The van der Waals surface area contributed by atoms with Gasteiger partial charge in [-0.15, -0.1) is 11.3 Å². The molecule has 6 nitrogen and oxygen atoms in total. The first-order valence-electron chi connectivity index (χ1n) is 19.8. The van der Waals surface area contributed by atoms with Crippen molar-refractivity contribution in [3.63, 3.8) is 0 Å². The maximum absolute atomic E-state index is 12.2. The second-order valence-electron chi connectivity index (χ2n) is 15.6. The van der Waals surface area contributed by atoms with E-state index in [1.807, 2.05) is 111 Å². The molecule has 0 saturated heterocycles. The van der Waals surface area contributed by atoms with Crippen LogP contribution in [-0.2, 0) is 19.3 Å². The summed E-state index contributed by atoms with van der Waals surface area (Å²) >= 11 is 1.62. The lowest BCUT2D eigenvalue weighted by Gasteiger charge is -2.10. The lowest BCUT2D eigenvalue weighted by atomic mass is 9.94. The molecule has 0 spiro atoms. The quantitative estimate of drug-likeness (QED) is 0.177. The molecule has 3 aliphatic carbocycles. The summed E-state index contributed by atoms with van der Waals surface area (Å²) in [6.07, 6.45) is 10.0. The van der Waals surface area contributed by atoms with Gasteiger partial charge in [-0.2, -0.15) is 0 Å². The van der Waals surface area contributed by atoms with Crippen LogP contribution in [0.5, 0.6) is 0 Å². The van der Waals surface area contributed by atoms with Gasteiger partial charge >= 0.3 is 0 Å². The number of aromatic nitrogens is 3. The molecule has 5 aromatic carbocycles. The maximum atomic E-state index is 12.2. The van der Waals surface area contributed by atoms with Gasteiger partial charge in [0.15, 0.2) is 17.3 Å². The van der Waals surface area contributed by atoms with Crippen LogP contribution in [0.4, 0.5) is 0 Å². The van der Waals surface area contributed by atoms with Gasteiger partial charge in [-0.1, -0.05) is 118 Å². The molecule has 3 aromatic heterocycles. The van der Waals surface area contributed by atoms with E-state index in [2.05, 4.69) is 57.4 Å². The molecule has 3 atom stereocenters. The Morgan fingerprint density at radius 1 is 0.500 bits per heavy atom. The molecule has 3 aliphatic rings. The normalized spacial score (nSPS) is 17.6. The Balaban J connectivity index is 0.000000114. The minimum absolute atomic E-state index is 0.0871. The van der Waals surface area contributed by atoms with Crippen molar-refractivity contribution in [3.8, 4) is 32.8 Å². The first-order valence-corrected chi connectivity index (χ1v) is 20.7. The molecule has 0 saturated carbocycles. The van der Waals surface area contributed by atoms with Gasteiger partial charge in [-0.05, 0) is 64.6 Å². The predicted molar refractivity (Wildman–Crippen MR) is 234 cm³/mol. The van der Waals surface area contributed by atoms with Crippen LogP contribution in [0.25, 0.3) is 54.5 Å². The third-order valence-corrected chi connectivity index (χ3v) is 12.5. The van der Waals surface area contributed by atoms with E-state index in [1.165, 1.54) is 22.1 Å². The van der Waals surface area contributed by atoms with Crippen LogP contribution >= 0.6 is 11.3 Å². The Morgan fingerprint density at radius 3 is 1.67 bits per heavy atom. The van der Waals surface area contributed by atoms with E-state index in [0.29, 0.717) is 0 Å². The standard InChI is InChI=1S/2C19H15NO.C13H11NOS/c1-12-9-17-15(6-4-7-16(17)19(12)21)14-10-13-5-2-3-8-18(13)20-11-14;1-12-9-17-15(7-4-8-16(17)19(12)21)18-11-20-10-13-5-2-3-6-14(13)18;1-8-7-11-9(12(8)15)3-2-4-10(11)13-14-5-6-16-13/h2*2-8,10-12H,9H2,1H3;2-6,8H,7H2,1H3. The number of para-hydroxylation sites is 1. The van der Waals surface area contributed by atoms with Crippen molar-refractivity contribution in [2.24, 2.45) is 17.8 Å². The minimum atomic E-state index is 0.0871. The average molecular weight is 776 g/mol. The highest BCUT2D eigenvalue weighted by molar-refractivity contribution is 7.13. The molecule has 0 bridgehead atoms. The summed E-state index contributed by atoms with van der Waals surface area (Å²) in [5, 5.41) is 6.43. The fraction of sp³-hybridized carbons (Fsp3) is 0.176. The van der Waals surface area contributed by atoms with E-state index < -0.39 is 0 Å². The predicted octanol–water partition coefficient (Wildman–Crippen LogP) is 11.7. The molecule has 11 rings (SSSR count). The van der Waals surface area contributed by atoms with E-state index >= 15 is 0 Å². The highest BCUT2D eigenvalue weighted by Crippen LogP contribution is 2.39. The van der Waals surface area contributed by atoms with Crippen LogP contribution in [0.1, 0.15) is 68.5 Å². The van der Waals surface area contributed by atoms with Crippen molar-refractivity contribution in [3.05, 3.63) is 173 Å². The van der Waals surface area contributed by atoms with Crippen LogP contribution in [0.2, 0.25) is 0 Å². The molecule has 0 aliphatic heterocycles. The number of thiazole rings is 1. The van der Waals surface area contributed by atoms with Gasteiger partial charge < -0.3 is 0 Å². The number of carbonyl (C=O) groups is 3. The number of Topliss-reactive ketones (excluding diaryl/α,β-unsaturated/α-hetero) is 3. The smallest absolute Gasteiger partial charge is 0.166 e. The van der Waals surface area contributed by atoms with Crippen molar-refractivity contribution < 1.29 is 14.4 Å². The third-order valence-electron chi connectivity index (χ3n) is 11.7. The first-order chi connectivity index (χ1) is 28.3. The lowest BCUT2D eigenvalue weighted by molar-refractivity contribution is 0.0939. The summed E-state index contributed by atoms with van der Waals surface area (Å²) < 4.78 is 0. The van der Waals surface area contributed by atoms with Gasteiger partial charge in [-0.25, -0.2) is 4.98 Å². The molecule has 58 heavy (non-hydrogen) atoms. The Morgan fingerprint density at radius 2 is 1.03 bits per heavy atom. The summed E-state index contributed by atoms with van der Waals surface area (Å²) in [4.78, 5) is 49.5. The van der Waals surface area contributed by atoms with E-state index in [1.54, 1.807) is 17.5 Å². The second kappa shape index (κ2) is 15.5. The SMILES string of the molecule is CC1Cc2c(cccc2-c2cnc3ccccc3c2)C1=O.CC1Cc2c(cccc2-c2cncc3ccccc23)C1=O.CC1Cc2c(cccc2-c2nccs2)C1=O. The van der Waals surface area contributed by atoms with Gasteiger partial charge in [0.05, 0.1) is 5.52 Å². The third kappa shape index (κ3) is 6.75. The zero-order valence-corrected chi connectivity index (χ0v) is 33.4. The van der Waals surface area contributed by atoms with Crippen LogP contribution in [0.3, 0.4) is 0 Å². The summed E-state index contributed by atoms with van der Waals surface area (Å²) in [5.41, 5.74) is 12.8. The minimum Gasteiger partial charge on any atom is -0.294 e. The number of rotatable bonds is 3. The average Bonchev–Trinajstić information content (AvgIpc) is 4.04. The molecule has 0 N–H and O–H groups in total. The fourth-order valence-corrected chi connectivity index (χ4v) is 9.43. The zero-order valence-electron chi connectivity index (χ0n) is 32.6. The summed E-state index contributed by atoms with van der Waals surface area (Å²) in [6, 6.07) is 36.5. The molecule has 0 fully saturated rings. The lowest BCUT2D eigenvalue weighted by Crippen LogP contribution is -2.02. The molecule has 3 heterocycles. The Hall–Kier alpha value is -6.44. The van der Waals surface area contributed by atoms with Crippen LogP contribution in [0, 0.1) is 17.8 Å². The zero-order chi connectivity index (χ0) is 39.9. The van der Waals surface area contributed by atoms with Crippen molar-refractivity contribution in [1.29, 1.82) is 0 Å². The van der Waals surface area contributed by atoms with Crippen LogP contribution in [-0.4, -0.2) is 32.3 Å². The number of benzene rings is 5. The highest BCUT2D eigenvalue weighted by atomic mass is 32.1. The topological polar surface area (TPSA) is 89.9 Å². The summed E-state index contributed by atoms with van der Waals surface area (Å²) in [7, 11) is 0. The summed E-state index contributed by atoms with van der Waals surface area (Å²) in [5.74, 6) is 1.10. The molecule has 3 unspecified atom stereocenters. The van der Waals surface area contributed by atoms with Crippen LogP contribution in [0.15, 0.2) is 139 Å². The number of fused-ring (bicyclic) bond motifs is 5. The number of carbonyl (C=O) groups excluding carboxylic acids is 3.